The molecule has 1 aliphatic carbocycles. The van der Waals surface area contributed by atoms with E-state index >= 15 is 0 Å². The molecule has 0 saturated heterocycles. The lowest BCUT2D eigenvalue weighted by Crippen LogP contribution is -2.14. The molecule has 0 aromatic carbocycles. The number of aromatic nitrogens is 1. The van der Waals surface area contributed by atoms with E-state index in [1.165, 1.54) is 18.5 Å². The molecule has 2 N–H and O–H groups in total. The normalized spacial score (nSPS) is 14.0. The zero-order chi connectivity index (χ0) is 15.4. The van der Waals surface area contributed by atoms with Gasteiger partial charge < -0.3 is 15.1 Å². The molecule has 0 unspecified atom stereocenters. The molecule has 1 fully saturated rings. The summed E-state index contributed by atoms with van der Waals surface area (Å²) in [5.74, 6) is 0.944. The van der Waals surface area contributed by atoms with Crippen molar-refractivity contribution < 1.29 is 14.0 Å². The van der Waals surface area contributed by atoms with Gasteiger partial charge in [-0.25, -0.2) is 4.98 Å². The molecule has 2 aromatic rings. The molecule has 1 aliphatic rings. The van der Waals surface area contributed by atoms with E-state index in [1.807, 2.05) is 0 Å². The molecule has 22 heavy (non-hydrogen) atoms. The van der Waals surface area contributed by atoms with E-state index in [0.717, 1.165) is 12.8 Å². The minimum atomic E-state index is -0.284. The van der Waals surface area contributed by atoms with E-state index in [1.54, 1.807) is 30.3 Å². The van der Waals surface area contributed by atoms with Crippen LogP contribution in [0.4, 0.5) is 11.5 Å². The minimum Gasteiger partial charge on any atom is -0.465 e. The standard InChI is InChI=1S/C16H15N3O3/c20-15(8-6-13-2-1-9-22-13)18-12-5-7-14(17-10-12)19-16(21)11-3-4-11/h1-2,5-11H,3-4H2,(H,18,20)(H,17,19,21)/b8-6+. The van der Waals surface area contributed by atoms with Crippen LogP contribution < -0.4 is 10.6 Å². The fourth-order valence-corrected chi connectivity index (χ4v) is 1.84. The third-order valence-corrected chi connectivity index (χ3v) is 3.17. The molecule has 0 radical (unpaired) electrons. The molecule has 6 heteroatoms. The van der Waals surface area contributed by atoms with E-state index < -0.39 is 0 Å². The zero-order valence-corrected chi connectivity index (χ0v) is 11.8. The minimum absolute atomic E-state index is 0.00525. The highest BCUT2D eigenvalue weighted by Gasteiger charge is 2.29. The highest BCUT2D eigenvalue weighted by Crippen LogP contribution is 2.29. The number of nitrogens with one attached hydrogen (secondary N) is 2. The van der Waals surface area contributed by atoms with Gasteiger partial charge in [-0.15, -0.1) is 0 Å². The molecule has 112 valence electrons. The molecule has 2 amide bonds. The van der Waals surface area contributed by atoms with Crippen LogP contribution in [0, 0.1) is 5.92 Å². The molecular weight excluding hydrogens is 282 g/mol. The third kappa shape index (κ3) is 3.82. The Morgan fingerprint density at radius 1 is 1.23 bits per heavy atom. The van der Waals surface area contributed by atoms with Crippen molar-refractivity contribution in [2.24, 2.45) is 5.92 Å². The van der Waals surface area contributed by atoms with E-state index in [4.69, 9.17) is 4.42 Å². The lowest BCUT2D eigenvalue weighted by Gasteiger charge is -2.05. The Morgan fingerprint density at radius 2 is 2.09 bits per heavy atom. The van der Waals surface area contributed by atoms with Crippen molar-refractivity contribution in [3.63, 3.8) is 0 Å². The Kier molecular flexibility index (Phi) is 4.00. The Hall–Kier alpha value is -2.89. The Balaban J connectivity index is 1.53. The van der Waals surface area contributed by atoms with Crippen molar-refractivity contribution in [2.45, 2.75) is 12.8 Å². The lowest BCUT2D eigenvalue weighted by atomic mass is 10.3. The number of pyridine rings is 1. The highest BCUT2D eigenvalue weighted by atomic mass is 16.3. The summed E-state index contributed by atoms with van der Waals surface area (Å²) in [5, 5.41) is 5.42. The summed E-state index contributed by atoms with van der Waals surface area (Å²) in [5.41, 5.74) is 0.554. The smallest absolute Gasteiger partial charge is 0.248 e. The average molecular weight is 297 g/mol. The number of hydrogen-bond acceptors (Lipinski definition) is 4. The van der Waals surface area contributed by atoms with Crippen LogP contribution in [0.15, 0.2) is 47.2 Å². The van der Waals surface area contributed by atoms with Crippen LogP contribution >= 0.6 is 0 Å². The van der Waals surface area contributed by atoms with Gasteiger partial charge in [-0.2, -0.15) is 0 Å². The van der Waals surface area contributed by atoms with Crippen molar-refractivity contribution in [1.82, 2.24) is 4.98 Å². The summed E-state index contributed by atoms with van der Waals surface area (Å²) < 4.78 is 5.09. The van der Waals surface area contributed by atoms with Crippen LogP contribution in [-0.4, -0.2) is 16.8 Å². The van der Waals surface area contributed by atoms with Gasteiger partial charge in [0.05, 0.1) is 18.1 Å². The number of nitrogens with zero attached hydrogens (tertiary/aromatic N) is 1. The molecule has 6 nitrogen and oxygen atoms in total. The molecule has 0 atom stereocenters. The first-order valence-electron chi connectivity index (χ1n) is 7.00. The van der Waals surface area contributed by atoms with Gasteiger partial charge in [0.15, 0.2) is 0 Å². The quantitative estimate of drug-likeness (QED) is 0.831. The molecule has 0 aliphatic heterocycles. The second-order valence-corrected chi connectivity index (χ2v) is 5.03. The highest BCUT2D eigenvalue weighted by molar-refractivity contribution is 6.01. The molecule has 2 heterocycles. The van der Waals surface area contributed by atoms with Gasteiger partial charge in [0.1, 0.15) is 11.6 Å². The summed E-state index contributed by atoms with van der Waals surface area (Å²) in [6, 6.07) is 6.85. The van der Waals surface area contributed by atoms with Crippen molar-refractivity contribution in [3.8, 4) is 0 Å². The van der Waals surface area contributed by atoms with Crippen molar-refractivity contribution in [1.29, 1.82) is 0 Å². The van der Waals surface area contributed by atoms with Gasteiger partial charge in [0.2, 0.25) is 11.8 Å². The number of amides is 2. The Labute approximate surface area is 127 Å². The number of rotatable bonds is 5. The van der Waals surface area contributed by atoms with Crippen LogP contribution in [0.5, 0.6) is 0 Å². The van der Waals surface area contributed by atoms with Crippen LogP contribution in [0.25, 0.3) is 6.08 Å². The molecule has 3 rings (SSSR count). The van der Waals surface area contributed by atoms with Crippen molar-refractivity contribution >= 4 is 29.4 Å². The Bertz CT molecular complexity index is 686. The first-order chi connectivity index (χ1) is 10.7. The van der Waals surface area contributed by atoms with Crippen molar-refractivity contribution in [2.75, 3.05) is 10.6 Å². The summed E-state index contributed by atoms with van der Waals surface area (Å²) >= 11 is 0. The van der Waals surface area contributed by atoms with Gasteiger partial charge in [0, 0.05) is 12.0 Å². The molecule has 0 spiro atoms. The maximum absolute atomic E-state index is 11.7. The largest absolute Gasteiger partial charge is 0.465 e. The van der Waals surface area contributed by atoms with Gasteiger partial charge in [0.25, 0.3) is 0 Å². The van der Waals surface area contributed by atoms with Crippen LogP contribution in [-0.2, 0) is 9.59 Å². The number of carbonyl (C=O) groups is 2. The summed E-state index contributed by atoms with van der Waals surface area (Å²) in [4.78, 5) is 27.4. The molecule has 2 aromatic heterocycles. The third-order valence-electron chi connectivity index (χ3n) is 3.17. The average Bonchev–Trinajstić information content (AvgIpc) is 3.24. The van der Waals surface area contributed by atoms with E-state index in [0.29, 0.717) is 17.3 Å². The second kappa shape index (κ2) is 6.26. The van der Waals surface area contributed by atoms with Crippen LogP contribution in [0.3, 0.4) is 0 Å². The molecule has 1 saturated carbocycles. The second-order valence-electron chi connectivity index (χ2n) is 5.03. The van der Waals surface area contributed by atoms with Gasteiger partial charge >= 0.3 is 0 Å². The number of anilines is 2. The molecular formula is C16H15N3O3. The van der Waals surface area contributed by atoms with Gasteiger partial charge in [-0.1, -0.05) is 0 Å². The van der Waals surface area contributed by atoms with E-state index in [9.17, 15) is 9.59 Å². The number of hydrogen-bond donors (Lipinski definition) is 2. The summed E-state index contributed by atoms with van der Waals surface area (Å²) in [7, 11) is 0. The Morgan fingerprint density at radius 3 is 2.73 bits per heavy atom. The van der Waals surface area contributed by atoms with Crippen LogP contribution in [0.1, 0.15) is 18.6 Å². The van der Waals surface area contributed by atoms with Gasteiger partial charge in [-0.3, -0.25) is 9.59 Å². The first-order valence-corrected chi connectivity index (χ1v) is 7.00. The maximum Gasteiger partial charge on any atom is 0.248 e. The van der Waals surface area contributed by atoms with Gasteiger partial charge in [-0.05, 0) is 43.2 Å². The SMILES string of the molecule is O=C(/C=C/c1ccco1)Nc1ccc(NC(=O)C2CC2)nc1. The molecule has 0 bridgehead atoms. The fourth-order valence-electron chi connectivity index (χ4n) is 1.84. The monoisotopic (exact) mass is 297 g/mol. The van der Waals surface area contributed by atoms with E-state index in [2.05, 4.69) is 15.6 Å². The lowest BCUT2D eigenvalue weighted by molar-refractivity contribution is -0.117. The van der Waals surface area contributed by atoms with E-state index in [-0.39, 0.29) is 17.7 Å². The predicted molar refractivity (Wildman–Crippen MR) is 82.0 cm³/mol. The topological polar surface area (TPSA) is 84.2 Å². The summed E-state index contributed by atoms with van der Waals surface area (Å²) in [6.45, 7) is 0. The fraction of sp³-hybridized carbons (Fsp3) is 0.188. The zero-order valence-electron chi connectivity index (χ0n) is 11.8. The maximum atomic E-state index is 11.7. The predicted octanol–water partition coefficient (Wildman–Crippen LogP) is 2.68. The first kappa shape index (κ1) is 14.1. The number of furan rings is 1. The van der Waals surface area contributed by atoms with Crippen molar-refractivity contribution in [3.05, 3.63) is 48.6 Å². The van der Waals surface area contributed by atoms with Crippen LogP contribution in [0.2, 0.25) is 0 Å². The number of carbonyl (C=O) groups excluding carboxylic acids is 2. The summed E-state index contributed by atoms with van der Waals surface area (Å²) in [6.07, 6.45) is 7.88.